The van der Waals surface area contributed by atoms with Gasteiger partial charge in [-0.25, -0.2) is 9.67 Å². The fourth-order valence-electron chi connectivity index (χ4n) is 3.82. The number of nitrogens with zero attached hydrogens (tertiary/aromatic N) is 3. The van der Waals surface area contributed by atoms with E-state index in [0.29, 0.717) is 6.54 Å². The van der Waals surface area contributed by atoms with Gasteiger partial charge in [-0.15, -0.1) is 17.5 Å². The predicted octanol–water partition coefficient (Wildman–Crippen LogP) is 1.34. The van der Waals surface area contributed by atoms with E-state index in [1.807, 2.05) is 30.3 Å². The summed E-state index contributed by atoms with van der Waals surface area (Å²) in [5, 5.41) is 13.2. The Morgan fingerprint density at radius 3 is 2.71 bits per heavy atom. The van der Waals surface area contributed by atoms with Crippen molar-refractivity contribution in [3.8, 4) is 0 Å². The van der Waals surface area contributed by atoms with Crippen LogP contribution in [0.4, 0.5) is 5.95 Å². The maximum Gasteiger partial charge on any atom is 0.248 e. The highest BCUT2D eigenvalue weighted by Crippen LogP contribution is 2.58. The van der Waals surface area contributed by atoms with Crippen LogP contribution in [0.15, 0.2) is 36.7 Å². The molecule has 2 aromatic rings. The number of aromatic nitrogens is 3. The van der Waals surface area contributed by atoms with Gasteiger partial charge in [-0.3, -0.25) is 14.9 Å². The molecule has 2 fully saturated rings. The first-order valence-corrected chi connectivity index (χ1v) is 9.36. The number of anilines is 1. The summed E-state index contributed by atoms with van der Waals surface area (Å²) in [6.07, 6.45) is 4.51. The van der Waals surface area contributed by atoms with E-state index in [4.69, 9.17) is 0 Å². The molecule has 3 N–H and O–H groups in total. The minimum absolute atomic E-state index is 0. The molecule has 8 nitrogen and oxygen atoms in total. The van der Waals surface area contributed by atoms with Gasteiger partial charge in [-0.2, -0.15) is 0 Å². The molecule has 2 amide bonds. The molecule has 4 rings (SSSR count). The molecule has 1 atom stereocenters. The number of hydrogen-bond donors (Lipinski definition) is 3. The van der Waals surface area contributed by atoms with Crippen molar-refractivity contribution in [3.63, 3.8) is 0 Å². The lowest BCUT2D eigenvalue weighted by atomic mass is 9.92. The average Bonchev–Trinajstić information content (AvgIpc) is 3.19. The molecule has 0 bridgehead atoms. The van der Waals surface area contributed by atoms with Crippen LogP contribution in [0.25, 0.3) is 0 Å². The molecule has 1 unspecified atom stereocenters. The summed E-state index contributed by atoms with van der Waals surface area (Å²) >= 11 is 0. The van der Waals surface area contributed by atoms with Gasteiger partial charge in [-0.05, 0) is 43.3 Å². The van der Waals surface area contributed by atoms with Crippen LogP contribution in [-0.2, 0) is 22.7 Å². The summed E-state index contributed by atoms with van der Waals surface area (Å²) in [6, 6.07) is 9.71. The number of halogens is 1. The largest absolute Gasteiger partial charge is 0.350 e. The second-order valence-electron chi connectivity index (χ2n) is 7.39. The molecule has 1 spiro atoms. The molecule has 1 aromatic carbocycles. The van der Waals surface area contributed by atoms with E-state index < -0.39 is 0 Å². The highest BCUT2D eigenvalue weighted by atomic mass is 35.5. The second-order valence-corrected chi connectivity index (χ2v) is 7.39. The van der Waals surface area contributed by atoms with Gasteiger partial charge >= 0.3 is 0 Å². The van der Waals surface area contributed by atoms with Crippen molar-refractivity contribution in [2.45, 2.75) is 32.4 Å². The van der Waals surface area contributed by atoms with E-state index in [9.17, 15) is 9.59 Å². The van der Waals surface area contributed by atoms with Crippen LogP contribution < -0.4 is 16.0 Å². The Kier molecular flexibility index (Phi) is 6.31. The fourth-order valence-corrected chi connectivity index (χ4v) is 3.82. The number of carbonyl (C=O) groups is 2. The van der Waals surface area contributed by atoms with Crippen LogP contribution in [-0.4, -0.2) is 39.7 Å². The molecule has 1 saturated heterocycles. The van der Waals surface area contributed by atoms with Gasteiger partial charge in [0.15, 0.2) is 0 Å². The Hall–Kier alpha value is -2.45. The number of piperidine rings is 1. The van der Waals surface area contributed by atoms with E-state index in [0.717, 1.165) is 37.9 Å². The Labute approximate surface area is 169 Å². The zero-order valence-electron chi connectivity index (χ0n) is 15.6. The van der Waals surface area contributed by atoms with E-state index in [-0.39, 0.29) is 48.0 Å². The van der Waals surface area contributed by atoms with Crippen molar-refractivity contribution in [1.82, 2.24) is 25.4 Å². The van der Waals surface area contributed by atoms with Crippen LogP contribution in [0.1, 0.15) is 24.8 Å². The Bertz CT molecular complexity index is 819. The molecule has 1 aliphatic carbocycles. The molecule has 1 aromatic heterocycles. The number of rotatable bonds is 6. The minimum atomic E-state index is -0.155. The van der Waals surface area contributed by atoms with Gasteiger partial charge in [0.25, 0.3) is 0 Å². The Balaban J connectivity index is 0.00000225. The SMILES string of the molecule is Cl.O=C(Cn1cnc(NC(=O)C2CC23CCNCC3)n1)NCc1ccccc1. The smallest absolute Gasteiger partial charge is 0.248 e. The van der Waals surface area contributed by atoms with Crippen LogP contribution in [0.3, 0.4) is 0 Å². The van der Waals surface area contributed by atoms with Crippen molar-refractivity contribution in [2.24, 2.45) is 11.3 Å². The zero-order chi connectivity index (χ0) is 18.7. The summed E-state index contributed by atoms with van der Waals surface area (Å²) in [6.45, 7) is 2.49. The van der Waals surface area contributed by atoms with E-state index >= 15 is 0 Å². The van der Waals surface area contributed by atoms with Gasteiger partial charge in [0.1, 0.15) is 12.9 Å². The summed E-state index contributed by atoms with van der Waals surface area (Å²) in [5.41, 5.74) is 1.21. The van der Waals surface area contributed by atoms with E-state index in [1.165, 1.54) is 11.0 Å². The third-order valence-corrected chi connectivity index (χ3v) is 5.52. The number of hydrogen-bond acceptors (Lipinski definition) is 5. The summed E-state index contributed by atoms with van der Waals surface area (Å²) in [5.74, 6) is 0.147. The number of benzene rings is 1. The van der Waals surface area contributed by atoms with Crippen molar-refractivity contribution in [1.29, 1.82) is 0 Å². The third kappa shape index (κ3) is 4.69. The Morgan fingerprint density at radius 1 is 1.21 bits per heavy atom. The van der Waals surface area contributed by atoms with Gasteiger partial charge in [0.2, 0.25) is 17.8 Å². The molecule has 0 radical (unpaired) electrons. The van der Waals surface area contributed by atoms with Gasteiger partial charge in [0, 0.05) is 12.5 Å². The van der Waals surface area contributed by atoms with E-state index in [1.54, 1.807) is 0 Å². The lowest BCUT2D eigenvalue weighted by molar-refractivity contribution is -0.122. The topological polar surface area (TPSA) is 101 Å². The highest BCUT2D eigenvalue weighted by Gasteiger charge is 2.57. The molecule has 1 saturated carbocycles. The lowest BCUT2D eigenvalue weighted by Gasteiger charge is -2.22. The lowest BCUT2D eigenvalue weighted by Crippen LogP contribution is -2.31. The average molecular weight is 405 g/mol. The summed E-state index contributed by atoms with van der Waals surface area (Å²) in [4.78, 5) is 28.6. The van der Waals surface area contributed by atoms with Gasteiger partial charge in [-0.1, -0.05) is 30.3 Å². The molecule has 9 heteroatoms. The first kappa shape index (κ1) is 20.3. The number of carbonyl (C=O) groups excluding carboxylic acids is 2. The molecule has 2 heterocycles. The quantitative estimate of drug-likeness (QED) is 0.674. The molecule has 1 aliphatic heterocycles. The zero-order valence-corrected chi connectivity index (χ0v) is 16.4. The molecular weight excluding hydrogens is 380 g/mol. The molecule has 150 valence electrons. The Morgan fingerprint density at radius 2 is 1.96 bits per heavy atom. The van der Waals surface area contributed by atoms with Crippen LogP contribution in [0.5, 0.6) is 0 Å². The van der Waals surface area contributed by atoms with Crippen molar-refractivity contribution in [2.75, 3.05) is 18.4 Å². The van der Waals surface area contributed by atoms with Crippen LogP contribution in [0, 0.1) is 11.3 Å². The maximum atomic E-state index is 12.4. The molecule has 2 aliphatic rings. The third-order valence-electron chi connectivity index (χ3n) is 5.52. The predicted molar refractivity (Wildman–Crippen MR) is 107 cm³/mol. The normalized spacial score (nSPS) is 19.5. The molecule has 28 heavy (non-hydrogen) atoms. The monoisotopic (exact) mass is 404 g/mol. The van der Waals surface area contributed by atoms with Crippen LogP contribution >= 0.6 is 12.4 Å². The van der Waals surface area contributed by atoms with Crippen molar-refractivity contribution in [3.05, 3.63) is 42.2 Å². The maximum absolute atomic E-state index is 12.4. The second kappa shape index (κ2) is 8.70. The standard InChI is InChI=1S/C19H24N6O2.ClH/c26-16(21-11-14-4-2-1-3-5-14)12-25-13-22-18(24-25)23-17(27)15-10-19(15)6-8-20-9-7-19;/h1-5,13,15,20H,6-12H2,(H,21,26)(H,23,24,27);1H. The van der Waals surface area contributed by atoms with Crippen LogP contribution in [0.2, 0.25) is 0 Å². The van der Waals surface area contributed by atoms with Crippen molar-refractivity contribution < 1.29 is 9.59 Å². The first-order chi connectivity index (χ1) is 13.1. The van der Waals surface area contributed by atoms with Crippen molar-refractivity contribution >= 4 is 30.2 Å². The van der Waals surface area contributed by atoms with Gasteiger partial charge in [0.05, 0.1) is 0 Å². The fraction of sp³-hybridized carbons (Fsp3) is 0.474. The molecular formula is C19H25ClN6O2. The number of nitrogens with one attached hydrogen (secondary N) is 3. The number of amides is 2. The summed E-state index contributed by atoms with van der Waals surface area (Å²) < 4.78 is 1.43. The minimum Gasteiger partial charge on any atom is -0.350 e. The highest BCUT2D eigenvalue weighted by molar-refractivity contribution is 5.93. The summed E-state index contributed by atoms with van der Waals surface area (Å²) in [7, 11) is 0. The van der Waals surface area contributed by atoms with Gasteiger partial charge < -0.3 is 10.6 Å². The first-order valence-electron chi connectivity index (χ1n) is 9.36. The van der Waals surface area contributed by atoms with E-state index in [2.05, 4.69) is 26.0 Å².